The molecule has 0 bridgehead atoms. The molecular formula is C16H25NO2. The number of β-amino-alcohol motifs (C(OH)–C–C–N with tert-alkyl or cyclic N) is 1. The largest absolute Gasteiger partial charge is 0.389 e. The monoisotopic (exact) mass is 263 g/mol. The van der Waals surface area contributed by atoms with Crippen LogP contribution >= 0.6 is 0 Å². The van der Waals surface area contributed by atoms with Gasteiger partial charge in [0.1, 0.15) is 0 Å². The van der Waals surface area contributed by atoms with Gasteiger partial charge in [-0.25, -0.2) is 0 Å². The van der Waals surface area contributed by atoms with E-state index in [-0.39, 0.29) is 6.10 Å². The number of benzene rings is 1. The lowest BCUT2D eigenvalue weighted by molar-refractivity contribution is 0.0135. The van der Waals surface area contributed by atoms with E-state index in [1.807, 2.05) is 0 Å². The van der Waals surface area contributed by atoms with E-state index in [1.54, 1.807) is 0 Å². The minimum absolute atomic E-state index is 0.373. The molecule has 3 nitrogen and oxygen atoms in total. The molecule has 0 fully saturated rings. The fourth-order valence-corrected chi connectivity index (χ4v) is 2.53. The second kappa shape index (κ2) is 7.63. The van der Waals surface area contributed by atoms with Crippen LogP contribution in [0.25, 0.3) is 0 Å². The first-order valence-electron chi connectivity index (χ1n) is 7.34. The maximum absolute atomic E-state index is 9.98. The van der Waals surface area contributed by atoms with Crippen LogP contribution in [0.2, 0.25) is 0 Å². The molecule has 0 saturated carbocycles. The average molecular weight is 263 g/mol. The molecule has 1 aliphatic heterocycles. The summed E-state index contributed by atoms with van der Waals surface area (Å²) in [4.78, 5) is 2.32. The minimum atomic E-state index is -0.373. The van der Waals surface area contributed by atoms with Crippen molar-refractivity contribution in [1.82, 2.24) is 4.90 Å². The Bertz CT molecular complexity index is 381. The van der Waals surface area contributed by atoms with E-state index in [0.717, 1.165) is 39.0 Å². The molecule has 1 aromatic rings. The van der Waals surface area contributed by atoms with Gasteiger partial charge in [0.15, 0.2) is 0 Å². The Morgan fingerprint density at radius 3 is 2.89 bits per heavy atom. The Labute approximate surface area is 116 Å². The van der Waals surface area contributed by atoms with Crippen molar-refractivity contribution in [1.29, 1.82) is 0 Å². The van der Waals surface area contributed by atoms with Crippen molar-refractivity contribution in [3.8, 4) is 0 Å². The molecule has 1 aliphatic rings. The van der Waals surface area contributed by atoms with Crippen molar-refractivity contribution in [2.45, 2.75) is 38.8 Å². The summed E-state index contributed by atoms with van der Waals surface area (Å²) in [6.45, 7) is 6.05. The third-order valence-corrected chi connectivity index (χ3v) is 3.63. The summed E-state index contributed by atoms with van der Waals surface area (Å²) in [5.74, 6) is 0. The second-order valence-electron chi connectivity index (χ2n) is 5.34. The van der Waals surface area contributed by atoms with Crippen molar-refractivity contribution in [2.24, 2.45) is 0 Å². The lowest BCUT2D eigenvalue weighted by Gasteiger charge is -2.30. The molecule has 0 aromatic heterocycles. The Hall–Kier alpha value is -0.900. The van der Waals surface area contributed by atoms with Crippen LogP contribution < -0.4 is 0 Å². The number of hydrogen-bond acceptors (Lipinski definition) is 3. The molecular weight excluding hydrogens is 238 g/mol. The molecule has 0 amide bonds. The van der Waals surface area contributed by atoms with E-state index in [2.05, 4.69) is 36.1 Å². The first-order chi connectivity index (χ1) is 9.29. The average Bonchev–Trinajstić information content (AvgIpc) is 2.43. The predicted molar refractivity (Wildman–Crippen MR) is 77.2 cm³/mol. The zero-order valence-electron chi connectivity index (χ0n) is 11.8. The number of rotatable bonds is 7. The SMILES string of the molecule is CCCCOC[C@H](O)CN1CCc2ccccc2C1. The topological polar surface area (TPSA) is 32.7 Å². The highest BCUT2D eigenvalue weighted by atomic mass is 16.5. The first kappa shape index (κ1) is 14.5. The smallest absolute Gasteiger partial charge is 0.0900 e. The summed E-state index contributed by atoms with van der Waals surface area (Å²) >= 11 is 0. The van der Waals surface area contributed by atoms with Gasteiger partial charge in [-0.15, -0.1) is 0 Å². The summed E-state index contributed by atoms with van der Waals surface area (Å²) in [6.07, 6.45) is 2.92. The fraction of sp³-hybridized carbons (Fsp3) is 0.625. The van der Waals surface area contributed by atoms with Gasteiger partial charge in [-0.1, -0.05) is 37.6 Å². The van der Waals surface area contributed by atoms with Crippen LogP contribution in [0.1, 0.15) is 30.9 Å². The van der Waals surface area contributed by atoms with Crippen LogP contribution in [-0.2, 0) is 17.7 Å². The third kappa shape index (κ3) is 4.60. The van der Waals surface area contributed by atoms with Crippen LogP contribution in [0.4, 0.5) is 0 Å². The zero-order chi connectivity index (χ0) is 13.5. The minimum Gasteiger partial charge on any atom is -0.389 e. The quantitative estimate of drug-likeness (QED) is 0.766. The van der Waals surface area contributed by atoms with E-state index in [4.69, 9.17) is 4.74 Å². The van der Waals surface area contributed by atoms with Gasteiger partial charge in [0.05, 0.1) is 12.7 Å². The molecule has 1 atom stereocenters. The molecule has 0 aliphatic carbocycles. The number of fused-ring (bicyclic) bond motifs is 1. The van der Waals surface area contributed by atoms with Crippen LogP contribution in [-0.4, -0.2) is 42.4 Å². The van der Waals surface area contributed by atoms with Gasteiger partial charge in [0.2, 0.25) is 0 Å². The van der Waals surface area contributed by atoms with Crippen molar-refractivity contribution < 1.29 is 9.84 Å². The Kier molecular flexibility index (Phi) is 5.83. The van der Waals surface area contributed by atoms with E-state index >= 15 is 0 Å². The number of aliphatic hydroxyl groups excluding tert-OH is 1. The maximum atomic E-state index is 9.98. The van der Waals surface area contributed by atoms with Gasteiger partial charge in [0, 0.05) is 26.2 Å². The highest BCUT2D eigenvalue weighted by Gasteiger charge is 2.18. The van der Waals surface area contributed by atoms with Gasteiger partial charge in [-0.05, 0) is 24.0 Å². The Morgan fingerprint density at radius 1 is 1.32 bits per heavy atom. The third-order valence-electron chi connectivity index (χ3n) is 3.63. The van der Waals surface area contributed by atoms with Gasteiger partial charge in [0.25, 0.3) is 0 Å². The van der Waals surface area contributed by atoms with Crippen LogP contribution in [0.5, 0.6) is 0 Å². The lowest BCUT2D eigenvalue weighted by atomic mass is 10.00. The van der Waals surface area contributed by atoms with Crippen molar-refractivity contribution in [2.75, 3.05) is 26.3 Å². The summed E-state index contributed by atoms with van der Waals surface area (Å²) in [7, 11) is 0. The molecule has 3 heteroatoms. The fourth-order valence-electron chi connectivity index (χ4n) is 2.53. The first-order valence-corrected chi connectivity index (χ1v) is 7.34. The van der Waals surface area contributed by atoms with Crippen molar-refractivity contribution in [3.63, 3.8) is 0 Å². The Balaban J connectivity index is 1.72. The van der Waals surface area contributed by atoms with E-state index < -0.39 is 0 Å². The highest BCUT2D eigenvalue weighted by molar-refractivity contribution is 5.29. The summed E-state index contributed by atoms with van der Waals surface area (Å²) in [6, 6.07) is 8.58. The molecule has 0 spiro atoms. The summed E-state index contributed by atoms with van der Waals surface area (Å²) < 4.78 is 5.47. The number of ether oxygens (including phenoxy) is 1. The molecule has 0 radical (unpaired) electrons. The second-order valence-corrected chi connectivity index (χ2v) is 5.34. The molecule has 1 N–H and O–H groups in total. The van der Waals surface area contributed by atoms with Crippen LogP contribution in [0.15, 0.2) is 24.3 Å². The predicted octanol–water partition coefficient (Wildman–Crippen LogP) is 2.22. The number of hydrogen-bond donors (Lipinski definition) is 1. The van der Waals surface area contributed by atoms with Gasteiger partial charge < -0.3 is 9.84 Å². The number of unbranched alkanes of at least 4 members (excludes halogenated alkanes) is 1. The number of nitrogens with zero attached hydrogens (tertiary/aromatic N) is 1. The van der Waals surface area contributed by atoms with Crippen molar-refractivity contribution >= 4 is 0 Å². The molecule has 1 heterocycles. The zero-order valence-corrected chi connectivity index (χ0v) is 11.8. The molecule has 0 saturated heterocycles. The summed E-state index contributed by atoms with van der Waals surface area (Å²) in [5, 5.41) is 9.98. The number of aliphatic hydroxyl groups is 1. The normalized spacial score (nSPS) is 17.2. The van der Waals surface area contributed by atoms with Crippen molar-refractivity contribution in [3.05, 3.63) is 35.4 Å². The van der Waals surface area contributed by atoms with Crippen LogP contribution in [0.3, 0.4) is 0 Å². The van der Waals surface area contributed by atoms with E-state index in [1.165, 1.54) is 11.1 Å². The molecule has 106 valence electrons. The van der Waals surface area contributed by atoms with Gasteiger partial charge in [-0.3, -0.25) is 4.90 Å². The Morgan fingerprint density at radius 2 is 2.11 bits per heavy atom. The molecule has 2 rings (SSSR count). The maximum Gasteiger partial charge on any atom is 0.0900 e. The molecule has 19 heavy (non-hydrogen) atoms. The highest BCUT2D eigenvalue weighted by Crippen LogP contribution is 2.18. The van der Waals surface area contributed by atoms with E-state index in [9.17, 15) is 5.11 Å². The summed E-state index contributed by atoms with van der Waals surface area (Å²) in [5.41, 5.74) is 2.85. The lowest BCUT2D eigenvalue weighted by Crippen LogP contribution is -2.38. The molecule has 0 unspecified atom stereocenters. The van der Waals surface area contributed by atoms with E-state index in [0.29, 0.717) is 13.2 Å². The van der Waals surface area contributed by atoms with Gasteiger partial charge >= 0.3 is 0 Å². The van der Waals surface area contributed by atoms with Gasteiger partial charge in [-0.2, -0.15) is 0 Å². The molecule has 1 aromatic carbocycles. The van der Waals surface area contributed by atoms with Crippen LogP contribution in [0, 0.1) is 0 Å². The standard InChI is InChI=1S/C16H25NO2/c1-2-3-10-19-13-16(18)12-17-9-8-14-6-4-5-7-15(14)11-17/h4-7,16,18H,2-3,8-13H2,1H3/t16-/m1/s1.